The first kappa shape index (κ1) is 12.2. The molecule has 0 aliphatic rings. The van der Waals surface area contributed by atoms with Crippen molar-refractivity contribution in [2.75, 3.05) is 7.11 Å². The predicted octanol–water partition coefficient (Wildman–Crippen LogP) is 3.91. The lowest BCUT2D eigenvalue weighted by Crippen LogP contribution is -1.85. The van der Waals surface area contributed by atoms with Gasteiger partial charge in [0.15, 0.2) is 11.5 Å². The van der Waals surface area contributed by atoms with Crippen LogP contribution in [-0.4, -0.2) is 16.5 Å². The number of aromatic nitrogens is 2. The summed E-state index contributed by atoms with van der Waals surface area (Å²) in [6.45, 7) is 0. The van der Waals surface area contributed by atoms with Gasteiger partial charge in [-0.15, -0.1) is 0 Å². The summed E-state index contributed by atoms with van der Waals surface area (Å²) in [5, 5.41) is 0. The average molecular weight is 321 g/mol. The number of hydrogen-bond acceptors (Lipinski definition) is 2. The lowest BCUT2D eigenvalue weighted by molar-refractivity contribution is 0.414. The van der Waals surface area contributed by atoms with Gasteiger partial charge in [-0.2, -0.15) is 0 Å². The van der Waals surface area contributed by atoms with E-state index in [9.17, 15) is 4.39 Å². The second-order valence-corrected chi connectivity index (χ2v) is 4.91. The Morgan fingerprint density at radius 2 is 2.16 bits per heavy atom. The van der Waals surface area contributed by atoms with E-state index in [0.29, 0.717) is 11.3 Å². The molecule has 0 saturated heterocycles. The van der Waals surface area contributed by atoms with Crippen molar-refractivity contribution in [3.8, 4) is 17.0 Å². The van der Waals surface area contributed by atoms with E-state index in [1.807, 2.05) is 18.2 Å². The Balaban J connectivity index is 2.16. The molecule has 96 valence electrons. The Labute approximate surface area is 117 Å². The van der Waals surface area contributed by atoms with Gasteiger partial charge in [0.1, 0.15) is 5.75 Å². The first-order valence-corrected chi connectivity index (χ1v) is 6.45. The van der Waals surface area contributed by atoms with E-state index < -0.39 is 0 Å². The number of rotatable bonds is 2. The molecule has 0 N–H and O–H groups in total. The molecule has 0 atom stereocenters. The van der Waals surface area contributed by atoms with Crippen LogP contribution in [0.3, 0.4) is 0 Å². The van der Waals surface area contributed by atoms with Crippen molar-refractivity contribution in [2.24, 2.45) is 0 Å². The third-order valence-electron chi connectivity index (χ3n) is 2.89. The van der Waals surface area contributed by atoms with Gasteiger partial charge in [0.05, 0.1) is 12.8 Å². The highest BCUT2D eigenvalue weighted by atomic mass is 79.9. The topological polar surface area (TPSA) is 26.5 Å². The number of imidazole rings is 1. The van der Waals surface area contributed by atoms with E-state index in [2.05, 4.69) is 20.9 Å². The van der Waals surface area contributed by atoms with E-state index in [4.69, 9.17) is 4.74 Å². The fraction of sp³-hybridized carbons (Fsp3) is 0.0714. The maximum absolute atomic E-state index is 13.6. The van der Waals surface area contributed by atoms with Crippen molar-refractivity contribution >= 4 is 21.6 Å². The summed E-state index contributed by atoms with van der Waals surface area (Å²) in [5.41, 5.74) is 1.92. The minimum atomic E-state index is -0.335. The molecule has 3 aromatic rings. The molecule has 2 heterocycles. The van der Waals surface area contributed by atoms with Gasteiger partial charge in [-0.1, -0.05) is 0 Å². The number of fused-ring (bicyclic) bond motifs is 1. The third-order valence-corrected chi connectivity index (χ3v) is 3.54. The smallest absolute Gasteiger partial charge is 0.173 e. The number of methoxy groups -OCH3 is 1. The van der Waals surface area contributed by atoms with Gasteiger partial charge in [-0.3, -0.25) is 0 Å². The van der Waals surface area contributed by atoms with Crippen LogP contribution in [0.4, 0.5) is 4.39 Å². The molecule has 0 amide bonds. The number of pyridine rings is 1. The van der Waals surface area contributed by atoms with E-state index in [1.165, 1.54) is 6.07 Å². The van der Waals surface area contributed by atoms with Crippen LogP contribution in [0.2, 0.25) is 0 Å². The predicted molar refractivity (Wildman–Crippen MR) is 74.8 cm³/mol. The summed E-state index contributed by atoms with van der Waals surface area (Å²) in [4.78, 5) is 4.32. The SMILES string of the molecule is COc1ccc(-c2cn3cccc(F)c3n2)c(Br)c1. The largest absolute Gasteiger partial charge is 0.497 e. The molecule has 3 rings (SSSR count). The van der Waals surface area contributed by atoms with E-state index in [1.54, 1.807) is 30.0 Å². The lowest BCUT2D eigenvalue weighted by Gasteiger charge is -2.04. The summed E-state index contributed by atoms with van der Waals surface area (Å²) in [7, 11) is 1.61. The third kappa shape index (κ3) is 2.10. The fourth-order valence-electron chi connectivity index (χ4n) is 1.94. The minimum Gasteiger partial charge on any atom is -0.497 e. The summed E-state index contributed by atoms with van der Waals surface area (Å²) in [6, 6.07) is 8.64. The minimum absolute atomic E-state index is 0.320. The van der Waals surface area contributed by atoms with Crippen molar-refractivity contribution in [1.29, 1.82) is 0 Å². The molecule has 0 aliphatic carbocycles. The molecule has 0 saturated carbocycles. The van der Waals surface area contributed by atoms with Gasteiger partial charge in [0.2, 0.25) is 0 Å². The van der Waals surface area contributed by atoms with Crippen molar-refractivity contribution in [1.82, 2.24) is 9.38 Å². The molecule has 1 aromatic carbocycles. The number of benzene rings is 1. The van der Waals surface area contributed by atoms with Crippen molar-refractivity contribution in [3.05, 3.63) is 53.0 Å². The molecular weight excluding hydrogens is 311 g/mol. The van der Waals surface area contributed by atoms with E-state index in [0.717, 1.165) is 15.8 Å². The van der Waals surface area contributed by atoms with Gasteiger partial charge in [-0.25, -0.2) is 9.37 Å². The molecule has 0 aliphatic heterocycles. The number of ether oxygens (including phenoxy) is 1. The number of halogens is 2. The number of hydrogen-bond donors (Lipinski definition) is 0. The van der Waals surface area contributed by atoms with E-state index in [-0.39, 0.29) is 5.82 Å². The zero-order chi connectivity index (χ0) is 13.4. The Bertz CT molecular complexity index is 754. The molecule has 3 nitrogen and oxygen atoms in total. The monoisotopic (exact) mass is 320 g/mol. The molecule has 5 heteroatoms. The summed E-state index contributed by atoms with van der Waals surface area (Å²) in [6.07, 6.45) is 3.57. The van der Waals surface area contributed by atoms with Crippen LogP contribution >= 0.6 is 15.9 Å². The van der Waals surface area contributed by atoms with Crippen molar-refractivity contribution < 1.29 is 9.13 Å². The van der Waals surface area contributed by atoms with E-state index >= 15 is 0 Å². The average Bonchev–Trinajstić information content (AvgIpc) is 2.83. The first-order chi connectivity index (χ1) is 9.19. The summed E-state index contributed by atoms with van der Waals surface area (Å²) in [5.74, 6) is 0.420. The number of nitrogens with zero attached hydrogens (tertiary/aromatic N) is 2. The first-order valence-electron chi connectivity index (χ1n) is 5.66. The molecule has 0 spiro atoms. The molecule has 0 bridgehead atoms. The van der Waals surface area contributed by atoms with Crippen molar-refractivity contribution in [3.63, 3.8) is 0 Å². The van der Waals surface area contributed by atoms with Crippen LogP contribution < -0.4 is 4.74 Å². The zero-order valence-corrected chi connectivity index (χ0v) is 11.7. The second-order valence-electron chi connectivity index (χ2n) is 4.06. The van der Waals surface area contributed by atoms with Gasteiger partial charge in [0, 0.05) is 22.4 Å². The highest BCUT2D eigenvalue weighted by Crippen LogP contribution is 2.31. The highest BCUT2D eigenvalue weighted by molar-refractivity contribution is 9.10. The van der Waals surface area contributed by atoms with Crippen LogP contribution in [0.5, 0.6) is 5.75 Å². The summed E-state index contributed by atoms with van der Waals surface area (Å²) >= 11 is 3.48. The maximum atomic E-state index is 13.6. The van der Waals surface area contributed by atoms with Crippen LogP contribution in [0.1, 0.15) is 0 Å². The lowest BCUT2D eigenvalue weighted by atomic mass is 10.1. The molecule has 0 unspecified atom stereocenters. The van der Waals surface area contributed by atoms with Crippen molar-refractivity contribution in [2.45, 2.75) is 0 Å². The molecular formula is C14H10BrFN2O. The quantitative estimate of drug-likeness (QED) is 0.715. The molecule has 0 radical (unpaired) electrons. The molecule has 19 heavy (non-hydrogen) atoms. The van der Waals surface area contributed by atoms with Crippen LogP contribution in [0.25, 0.3) is 16.9 Å². The van der Waals surface area contributed by atoms with Crippen LogP contribution in [-0.2, 0) is 0 Å². The normalized spacial score (nSPS) is 10.9. The van der Waals surface area contributed by atoms with Gasteiger partial charge >= 0.3 is 0 Å². The second kappa shape index (κ2) is 4.66. The molecule has 2 aromatic heterocycles. The Morgan fingerprint density at radius 3 is 2.84 bits per heavy atom. The Kier molecular flexibility index (Phi) is 2.98. The molecule has 0 fully saturated rings. The Morgan fingerprint density at radius 1 is 1.32 bits per heavy atom. The zero-order valence-electron chi connectivity index (χ0n) is 10.1. The van der Waals surface area contributed by atoms with Crippen LogP contribution in [0, 0.1) is 5.82 Å². The maximum Gasteiger partial charge on any atom is 0.173 e. The highest BCUT2D eigenvalue weighted by Gasteiger charge is 2.10. The summed E-state index contributed by atoms with van der Waals surface area (Å²) < 4.78 is 21.3. The Hall–Kier alpha value is -1.88. The van der Waals surface area contributed by atoms with Crippen LogP contribution in [0.15, 0.2) is 47.2 Å². The fourth-order valence-corrected chi connectivity index (χ4v) is 2.50. The standard InChI is InChI=1S/C14H10BrFN2O/c1-19-9-4-5-10(11(15)7-9)13-8-18-6-2-3-12(16)14(18)17-13/h2-8H,1H3. The van der Waals surface area contributed by atoms with Gasteiger partial charge in [-0.05, 0) is 46.3 Å². The van der Waals surface area contributed by atoms with Gasteiger partial charge < -0.3 is 9.14 Å². The van der Waals surface area contributed by atoms with Gasteiger partial charge in [0.25, 0.3) is 0 Å².